The number of hydrogen-bond acceptors (Lipinski definition) is 5. The van der Waals surface area contributed by atoms with Gasteiger partial charge in [-0.25, -0.2) is 4.79 Å². The summed E-state index contributed by atoms with van der Waals surface area (Å²) in [4.78, 5) is 23.4. The van der Waals surface area contributed by atoms with Crippen molar-refractivity contribution in [1.82, 2.24) is 0 Å². The molecule has 0 saturated carbocycles. The molecule has 0 N–H and O–H groups in total. The number of hydrogen-bond donors (Lipinski definition) is 0. The molecule has 0 amide bonds. The highest BCUT2D eigenvalue weighted by Gasteiger charge is 2.65. The van der Waals surface area contributed by atoms with Crippen LogP contribution in [0.5, 0.6) is 0 Å². The third kappa shape index (κ3) is 1.49. The number of carbonyl (C=O) groups is 2. The van der Waals surface area contributed by atoms with Crippen LogP contribution >= 0.6 is 12.0 Å². The van der Waals surface area contributed by atoms with Gasteiger partial charge in [-0.1, -0.05) is 13.8 Å². The van der Waals surface area contributed by atoms with E-state index in [4.69, 9.17) is 8.92 Å². The fourth-order valence-corrected chi connectivity index (χ4v) is 2.88. The van der Waals surface area contributed by atoms with Crippen molar-refractivity contribution >= 4 is 24.0 Å². The molecule has 0 bridgehead atoms. The summed E-state index contributed by atoms with van der Waals surface area (Å²) >= 11 is 1.03. The van der Waals surface area contributed by atoms with Crippen molar-refractivity contribution in [3.8, 4) is 0 Å². The Labute approximate surface area is 93.9 Å². The van der Waals surface area contributed by atoms with Crippen molar-refractivity contribution in [2.45, 2.75) is 38.4 Å². The van der Waals surface area contributed by atoms with Gasteiger partial charge in [0.1, 0.15) is 0 Å². The molecule has 0 spiro atoms. The van der Waals surface area contributed by atoms with Crippen LogP contribution in [0.2, 0.25) is 0 Å². The van der Waals surface area contributed by atoms with Gasteiger partial charge in [0.25, 0.3) is 0 Å². The third-order valence-electron chi connectivity index (χ3n) is 3.29. The van der Waals surface area contributed by atoms with Gasteiger partial charge in [-0.2, -0.15) is 0 Å². The summed E-state index contributed by atoms with van der Waals surface area (Å²) in [7, 11) is 1.49. The highest BCUT2D eigenvalue weighted by Crippen LogP contribution is 2.53. The maximum Gasteiger partial charge on any atom is 0.333 e. The van der Waals surface area contributed by atoms with Gasteiger partial charge < -0.3 is 8.92 Å². The van der Waals surface area contributed by atoms with Gasteiger partial charge in [0.2, 0.25) is 0 Å². The fraction of sp³-hybridized carbons (Fsp3) is 0.800. The summed E-state index contributed by atoms with van der Waals surface area (Å²) in [5.41, 5.74) is -0.792. The molecule has 5 heteroatoms. The van der Waals surface area contributed by atoms with Gasteiger partial charge in [0.15, 0.2) is 4.75 Å². The van der Waals surface area contributed by atoms with Crippen LogP contribution < -0.4 is 0 Å². The van der Waals surface area contributed by atoms with E-state index < -0.39 is 22.1 Å². The van der Waals surface area contributed by atoms with Crippen LogP contribution in [0.3, 0.4) is 0 Å². The maximum atomic E-state index is 11.8. The van der Waals surface area contributed by atoms with Crippen molar-refractivity contribution in [3.05, 3.63) is 0 Å². The lowest BCUT2D eigenvalue weighted by atomic mass is 9.74. The average molecular weight is 232 g/mol. The van der Waals surface area contributed by atoms with Crippen LogP contribution in [0, 0.1) is 5.41 Å². The minimum Gasteiger partial charge on any atom is -0.392 e. The fourth-order valence-electron chi connectivity index (χ4n) is 1.96. The second-order valence-corrected chi connectivity index (χ2v) is 4.99. The Morgan fingerprint density at radius 2 is 1.87 bits per heavy atom. The number of cyclic esters (lactones) is 2. The highest BCUT2D eigenvalue weighted by atomic mass is 32.2. The average Bonchev–Trinajstić information content (AvgIpc) is 2.41. The van der Waals surface area contributed by atoms with E-state index in [1.807, 2.05) is 13.8 Å². The van der Waals surface area contributed by atoms with Crippen molar-refractivity contribution < 1.29 is 18.5 Å². The first-order chi connectivity index (χ1) is 6.98. The lowest BCUT2D eigenvalue weighted by Gasteiger charge is -2.33. The van der Waals surface area contributed by atoms with Gasteiger partial charge in [0.05, 0.1) is 12.5 Å². The van der Waals surface area contributed by atoms with Gasteiger partial charge in [-0.15, -0.1) is 0 Å². The van der Waals surface area contributed by atoms with Crippen molar-refractivity contribution in [1.29, 1.82) is 0 Å². The summed E-state index contributed by atoms with van der Waals surface area (Å²) in [6.07, 6.45) is 1.07. The van der Waals surface area contributed by atoms with E-state index in [9.17, 15) is 9.59 Å². The Kier molecular flexibility index (Phi) is 3.45. The minimum absolute atomic E-state index is 0.443. The topological polar surface area (TPSA) is 52.6 Å². The van der Waals surface area contributed by atoms with Crippen LogP contribution in [0.1, 0.15) is 33.6 Å². The molecule has 0 aromatic rings. The predicted molar refractivity (Wildman–Crippen MR) is 57.1 cm³/mol. The van der Waals surface area contributed by atoms with Crippen molar-refractivity contribution in [3.63, 3.8) is 0 Å². The quantitative estimate of drug-likeness (QED) is 0.421. The zero-order chi connectivity index (χ0) is 11.7. The summed E-state index contributed by atoms with van der Waals surface area (Å²) in [6.45, 7) is 5.50. The van der Waals surface area contributed by atoms with E-state index in [2.05, 4.69) is 0 Å². The van der Waals surface area contributed by atoms with E-state index in [0.29, 0.717) is 12.8 Å². The monoisotopic (exact) mass is 232 g/mol. The van der Waals surface area contributed by atoms with Crippen molar-refractivity contribution in [2.75, 3.05) is 7.11 Å². The lowest BCUT2D eigenvalue weighted by Crippen LogP contribution is -2.45. The van der Waals surface area contributed by atoms with Gasteiger partial charge in [-0.3, -0.25) is 4.79 Å². The first-order valence-electron chi connectivity index (χ1n) is 4.97. The van der Waals surface area contributed by atoms with Crippen molar-refractivity contribution in [2.24, 2.45) is 5.41 Å². The molecule has 0 aromatic carbocycles. The molecule has 15 heavy (non-hydrogen) atoms. The van der Waals surface area contributed by atoms with Crippen LogP contribution in [-0.2, 0) is 18.5 Å². The second kappa shape index (κ2) is 4.14. The first-order valence-corrected chi connectivity index (χ1v) is 5.71. The van der Waals surface area contributed by atoms with Crippen LogP contribution in [0.25, 0.3) is 0 Å². The van der Waals surface area contributed by atoms with Crippen LogP contribution in [0.15, 0.2) is 0 Å². The minimum atomic E-state index is -0.895. The zero-order valence-electron chi connectivity index (χ0n) is 9.46. The summed E-state index contributed by atoms with van der Waals surface area (Å²) in [5.74, 6) is -0.924. The molecule has 0 aliphatic carbocycles. The van der Waals surface area contributed by atoms with Gasteiger partial charge >= 0.3 is 11.9 Å². The van der Waals surface area contributed by atoms with E-state index in [1.165, 1.54) is 7.11 Å². The normalized spacial score (nSPS) is 35.7. The molecule has 2 unspecified atom stereocenters. The molecule has 1 aliphatic rings. The molecule has 1 saturated heterocycles. The Morgan fingerprint density at radius 1 is 1.27 bits per heavy atom. The number of ether oxygens (including phenoxy) is 1. The standard InChI is InChI=1S/C10H16O4S/c1-5-9(3)7(11)14-8(12)10(9,6-2)15-13-4/h5-6H2,1-4H3. The van der Waals surface area contributed by atoms with Gasteiger partial charge in [0, 0.05) is 12.0 Å². The van der Waals surface area contributed by atoms with E-state index >= 15 is 0 Å². The summed E-state index contributed by atoms with van der Waals surface area (Å²) in [6, 6.07) is 0. The highest BCUT2D eigenvalue weighted by molar-refractivity contribution is 7.97. The van der Waals surface area contributed by atoms with E-state index in [-0.39, 0.29) is 0 Å². The van der Waals surface area contributed by atoms with Crippen LogP contribution in [0.4, 0.5) is 0 Å². The molecule has 86 valence electrons. The Balaban J connectivity index is 3.21. The van der Waals surface area contributed by atoms with E-state index in [0.717, 1.165) is 12.0 Å². The maximum absolute atomic E-state index is 11.8. The van der Waals surface area contributed by atoms with E-state index in [1.54, 1.807) is 6.92 Å². The van der Waals surface area contributed by atoms with Gasteiger partial charge in [-0.05, 0) is 19.8 Å². The zero-order valence-corrected chi connectivity index (χ0v) is 10.3. The molecule has 1 fully saturated rings. The molecule has 4 nitrogen and oxygen atoms in total. The smallest absolute Gasteiger partial charge is 0.333 e. The molecule has 0 radical (unpaired) electrons. The second-order valence-electron chi connectivity index (χ2n) is 3.79. The lowest BCUT2D eigenvalue weighted by molar-refractivity contribution is -0.155. The molecule has 2 atom stereocenters. The molecule has 0 aromatic heterocycles. The molecular weight excluding hydrogens is 216 g/mol. The molecule has 1 aliphatic heterocycles. The molecule has 1 rings (SSSR count). The molecule has 1 heterocycles. The summed E-state index contributed by atoms with van der Waals surface area (Å²) in [5, 5.41) is 0. The van der Waals surface area contributed by atoms with Crippen LogP contribution in [-0.4, -0.2) is 23.8 Å². The SMILES string of the molecule is CCC1(C)C(=O)OC(=O)C1(CC)SOC. The molecular formula is C10H16O4S. The number of rotatable bonds is 4. The Hall–Kier alpha value is -0.550. The first kappa shape index (κ1) is 12.5. The Morgan fingerprint density at radius 3 is 2.27 bits per heavy atom. The number of carbonyl (C=O) groups excluding carboxylic acids is 2. The summed E-state index contributed by atoms with van der Waals surface area (Å²) < 4.78 is 8.85. The largest absolute Gasteiger partial charge is 0.392 e. The predicted octanol–water partition coefficient (Wildman–Crippen LogP) is 1.93. The third-order valence-corrected chi connectivity index (χ3v) is 4.64. The number of esters is 2. The Bertz CT molecular complexity index is 291.